The van der Waals surface area contributed by atoms with Gasteiger partial charge in [-0.15, -0.1) is 0 Å². The highest BCUT2D eigenvalue weighted by atomic mass is 35.5. The third-order valence-corrected chi connectivity index (χ3v) is 6.11. The Kier molecular flexibility index (Phi) is 5.89. The van der Waals surface area contributed by atoms with E-state index in [0.717, 1.165) is 5.56 Å². The van der Waals surface area contributed by atoms with Crippen molar-refractivity contribution in [3.63, 3.8) is 0 Å². The van der Waals surface area contributed by atoms with Gasteiger partial charge in [0.15, 0.2) is 4.80 Å². The molecule has 5 nitrogen and oxygen atoms in total. The number of fused-ring (bicyclic) bond motifs is 1. The van der Waals surface area contributed by atoms with Crippen molar-refractivity contribution in [3.05, 3.63) is 101 Å². The van der Waals surface area contributed by atoms with Crippen molar-refractivity contribution in [1.82, 2.24) is 4.57 Å². The maximum absolute atomic E-state index is 13.4. The monoisotopic (exact) mass is 456 g/mol. The number of ether oxygens (including phenoxy) is 1. The van der Waals surface area contributed by atoms with Gasteiger partial charge in [0.25, 0.3) is 5.56 Å². The average molecular weight is 457 g/mol. The maximum Gasteiger partial charge on any atom is 0.338 e. The van der Waals surface area contributed by atoms with Gasteiger partial charge in [-0.2, -0.15) is 0 Å². The molecule has 0 bridgehead atoms. The van der Waals surface area contributed by atoms with Crippen LogP contribution in [0.5, 0.6) is 0 Å². The Labute approximate surface area is 186 Å². The van der Waals surface area contributed by atoms with E-state index in [0.29, 0.717) is 31.2 Å². The lowest BCUT2D eigenvalue weighted by Gasteiger charge is -2.24. The van der Waals surface area contributed by atoms with Gasteiger partial charge in [0.2, 0.25) is 0 Å². The molecule has 31 heavy (non-hydrogen) atoms. The summed E-state index contributed by atoms with van der Waals surface area (Å²) < 4.78 is 20.4. The van der Waals surface area contributed by atoms with Crippen molar-refractivity contribution in [1.29, 1.82) is 0 Å². The molecule has 1 aromatic heterocycles. The van der Waals surface area contributed by atoms with Crippen LogP contribution in [0, 0.1) is 5.82 Å². The second-order valence-corrected chi connectivity index (χ2v) is 8.35. The van der Waals surface area contributed by atoms with Crippen molar-refractivity contribution in [2.75, 3.05) is 6.61 Å². The molecule has 3 aromatic rings. The fraction of sp³-hybridized carbons (Fsp3) is 0.174. The largest absolute Gasteiger partial charge is 0.463 e. The van der Waals surface area contributed by atoms with Crippen LogP contribution in [0.4, 0.5) is 4.39 Å². The third-order valence-electron chi connectivity index (χ3n) is 4.87. The van der Waals surface area contributed by atoms with Crippen LogP contribution in [0.3, 0.4) is 0 Å². The highest BCUT2D eigenvalue weighted by Crippen LogP contribution is 2.31. The summed E-state index contributed by atoms with van der Waals surface area (Å²) in [6, 6.07) is 12.2. The summed E-state index contributed by atoms with van der Waals surface area (Å²) in [7, 11) is 0. The predicted octanol–water partition coefficient (Wildman–Crippen LogP) is 3.59. The smallest absolute Gasteiger partial charge is 0.338 e. The van der Waals surface area contributed by atoms with Crippen molar-refractivity contribution in [2.45, 2.75) is 19.9 Å². The Hall–Kier alpha value is -3.03. The Morgan fingerprint density at radius 3 is 2.55 bits per heavy atom. The maximum atomic E-state index is 13.4. The van der Waals surface area contributed by atoms with E-state index in [9.17, 15) is 14.0 Å². The van der Waals surface area contributed by atoms with Gasteiger partial charge in [0, 0.05) is 5.02 Å². The van der Waals surface area contributed by atoms with E-state index in [1.165, 1.54) is 28.0 Å². The topological polar surface area (TPSA) is 60.7 Å². The number of benzene rings is 2. The van der Waals surface area contributed by atoms with Gasteiger partial charge in [-0.25, -0.2) is 14.2 Å². The van der Waals surface area contributed by atoms with Gasteiger partial charge >= 0.3 is 5.97 Å². The molecule has 0 fully saturated rings. The number of allylic oxidation sites excluding steroid dienone is 1. The first kappa shape index (κ1) is 21.2. The number of thiazole rings is 1. The van der Waals surface area contributed by atoms with Gasteiger partial charge < -0.3 is 4.74 Å². The van der Waals surface area contributed by atoms with Crippen molar-refractivity contribution < 1.29 is 13.9 Å². The molecule has 8 heteroatoms. The molecule has 0 spiro atoms. The molecule has 1 atom stereocenters. The standard InChI is InChI=1S/C23H18ClFN2O3S/c1-3-30-22(29)19-13(2)26-23-27(20(19)15-6-8-16(24)9-7-15)21(28)18(31-23)12-14-4-10-17(25)11-5-14/h4-12,20H,3H2,1-2H3/b18-12-. The van der Waals surface area contributed by atoms with Gasteiger partial charge in [-0.3, -0.25) is 9.36 Å². The van der Waals surface area contributed by atoms with E-state index in [-0.39, 0.29) is 18.0 Å². The van der Waals surface area contributed by atoms with Gasteiger partial charge in [0.1, 0.15) is 5.82 Å². The Morgan fingerprint density at radius 2 is 1.90 bits per heavy atom. The highest BCUT2D eigenvalue weighted by molar-refractivity contribution is 7.07. The van der Waals surface area contributed by atoms with Gasteiger partial charge in [-0.1, -0.05) is 47.2 Å². The molecule has 4 rings (SSSR count). The van der Waals surface area contributed by atoms with Crippen LogP contribution in [-0.4, -0.2) is 17.1 Å². The second-order valence-electron chi connectivity index (χ2n) is 6.91. The van der Waals surface area contributed by atoms with E-state index >= 15 is 0 Å². The summed E-state index contributed by atoms with van der Waals surface area (Å²) in [5.74, 6) is -0.868. The Bertz CT molecular complexity index is 1360. The first-order valence-corrected chi connectivity index (χ1v) is 10.8. The first-order chi connectivity index (χ1) is 14.9. The molecule has 1 unspecified atom stereocenters. The minimum atomic E-state index is -0.692. The summed E-state index contributed by atoms with van der Waals surface area (Å²) in [5.41, 5.74) is 1.92. The van der Waals surface area contributed by atoms with Gasteiger partial charge in [0.05, 0.1) is 28.5 Å². The minimum absolute atomic E-state index is 0.206. The highest BCUT2D eigenvalue weighted by Gasteiger charge is 2.33. The van der Waals surface area contributed by atoms with Crippen molar-refractivity contribution >= 4 is 35.0 Å². The molecule has 0 amide bonds. The normalized spacial score (nSPS) is 16.1. The molecule has 0 aliphatic carbocycles. The zero-order valence-corrected chi connectivity index (χ0v) is 18.3. The van der Waals surface area contributed by atoms with Crippen LogP contribution in [-0.2, 0) is 9.53 Å². The van der Waals surface area contributed by atoms with Crippen LogP contribution in [0.2, 0.25) is 5.02 Å². The molecule has 0 saturated heterocycles. The molecular weight excluding hydrogens is 439 g/mol. The zero-order chi connectivity index (χ0) is 22.1. The zero-order valence-electron chi connectivity index (χ0n) is 16.8. The number of esters is 1. The summed E-state index contributed by atoms with van der Waals surface area (Å²) in [6.07, 6.45) is 1.69. The fourth-order valence-electron chi connectivity index (χ4n) is 3.46. The molecule has 0 saturated carbocycles. The summed E-state index contributed by atoms with van der Waals surface area (Å²) in [6.45, 7) is 3.66. The number of hydrogen-bond acceptors (Lipinski definition) is 5. The minimum Gasteiger partial charge on any atom is -0.463 e. The number of aromatic nitrogens is 1. The van der Waals surface area contributed by atoms with Crippen LogP contribution < -0.4 is 14.9 Å². The molecule has 2 heterocycles. The van der Waals surface area contributed by atoms with E-state index in [2.05, 4.69) is 4.99 Å². The summed E-state index contributed by atoms with van der Waals surface area (Å²) in [4.78, 5) is 31.2. The lowest BCUT2D eigenvalue weighted by atomic mass is 9.96. The number of carbonyl (C=O) groups excluding carboxylic acids is 1. The SMILES string of the molecule is CCOC(=O)C1=C(C)N=c2s/c(=C\c3ccc(F)cc3)c(=O)n2C1c1ccc(Cl)cc1. The van der Waals surface area contributed by atoms with E-state index in [1.807, 2.05) is 0 Å². The van der Waals surface area contributed by atoms with Crippen LogP contribution in [0.15, 0.2) is 69.6 Å². The quantitative estimate of drug-likeness (QED) is 0.564. The molecule has 0 N–H and O–H groups in total. The summed E-state index contributed by atoms with van der Waals surface area (Å²) >= 11 is 7.26. The lowest BCUT2D eigenvalue weighted by Crippen LogP contribution is -2.39. The molecule has 1 aliphatic rings. The van der Waals surface area contributed by atoms with E-state index < -0.39 is 12.0 Å². The van der Waals surface area contributed by atoms with E-state index in [1.54, 1.807) is 56.3 Å². The summed E-state index contributed by atoms with van der Waals surface area (Å²) in [5, 5.41) is 0.547. The number of rotatable bonds is 4. The van der Waals surface area contributed by atoms with E-state index in [4.69, 9.17) is 16.3 Å². The number of halogens is 2. The third kappa shape index (κ3) is 4.11. The Balaban J connectivity index is 1.94. The number of carbonyl (C=O) groups is 1. The molecular formula is C23H18ClFN2O3S. The molecule has 0 radical (unpaired) electrons. The van der Waals surface area contributed by atoms with Crippen molar-refractivity contribution in [2.24, 2.45) is 4.99 Å². The van der Waals surface area contributed by atoms with Gasteiger partial charge in [-0.05, 0) is 55.3 Å². The van der Waals surface area contributed by atoms with Crippen LogP contribution >= 0.6 is 22.9 Å². The molecule has 158 valence electrons. The van der Waals surface area contributed by atoms with Crippen molar-refractivity contribution in [3.8, 4) is 0 Å². The van der Waals surface area contributed by atoms with Crippen LogP contribution in [0.1, 0.15) is 31.0 Å². The first-order valence-electron chi connectivity index (χ1n) is 9.59. The molecule has 2 aromatic carbocycles. The number of nitrogens with zero attached hydrogens (tertiary/aromatic N) is 2. The fourth-order valence-corrected chi connectivity index (χ4v) is 4.63. The van der Waals surface area contributed by atoms with Crippen LogP contribution in [0.25, 0.3) is 6.08 Å². The number of hydrogen-bond donors (Lipinski definition) is 0. The second kappa shape index (κ2) is 8.61. The molecule has 1 aliphatic heterocycles. The Morgan fingerprint density at radius 1 is 1.23 bits per heavy atom. The lowest BCUT2D eigenvalue weighted by molar-refractivity contribution is -0.139. The predicted molar refractivity (Wildman–Crippen MR) is 118 cm³/mol. The average Bonchev–Trinajstić information content (AvgIpc) is 3.04.